The maximum Gasteiger partial charge on any atom is 0.416 e. The van der Waals surface area contributed by atoms with E-state index in [1.54, 1.807) is 0 Å². The fraction of sp³-hybridized carbons (Fsp3) is 0.231. The molecule has 2 aromatic rings. The van der Waals surface area contributed by atoms with Gasteiger partial charge in [0.15, 0.2) is 0 Å². The quantitative estimate of drug-likeness (QED) is 0.890. The number of alkyl halides is 3. The second-order valence-electron chi connectivity index (χ2n) is 4.15. The SMILES string of the molecule is Cl.NCCNC(=O)c1ncsc1-c1cccc(C(F)(F)F)c1. The molecule has 0 aliphatic carbocycles. The van der Waals surface area contributed by atoms with E-state index in [2.05, 4.69) is 10.3 Å². The minimum Gasteiger partial charge on any atom is -0.349 e. The molecule has 0 atom stereocenters. The molecule has 0 aliphatic heterocycles. The third-order valence-electron chi connectivity index (χ3n) is 2.66. The van der Waals surface area contributed by atoms with E-state index in [0.717, 1.165) is 23.5 Å². The number of nitrogens with one attached hydrogen (secondary N) is 1. The Morgan fingerprint density at radius 1 is 1.36 bits per heavy atom. The molecule has 4 nitrogen and oxygen atoms in total. The number of carbonyl (C=O) groups is 1. The first-order valence-electron chi connectivity index (χ1n) is 6.03. The summed E-state index contributed by atoms with van der Waals surface area (Å²) in [4.78, 5) is 16.2. The molecule has 0 saturated heterocycles. The maximum atomic E-state index is 12.7. The highest BCUT2D eigenvalue weighted by Gasteiger charge is 2.31. The van der Waals surface area contributed by atoms with E-state index in [1.807, 2.05) is 0 Å². The van der Waals surface area contributed by atoms with E-state index in [-0.39, 0.29) is 31.2 Å². The predicted molar refractivity (Wildman–Crippen MR) is 81.2 cm³/mol. The van der Waals surface area contributed by atoms with Crippen molar-refractivity contribution in [3.63, 3.8) is 0 Å². The maximum absolute atomic E-state index is 12.7. The number of nitrogens with two attached hydrogens (primary N) is 1. The Kier molecular flexibility index (Phi) is 6.34. The summed E-state index contributed by atoms with van der Waals surface area (Å²) in [5, 5.41) is 2.55. The van der Waals surface area contributed by atoms with Gasteiger partial charge in [-0.1, -0.05) is 12.1 Å². The van der Waals surface area contributed by atoms with Crippen LogP contribution in [-0.2, 0) is 6.18 Å². The first-order chi connectivity index (χ1) is 9.93. The van der Waals surface area contributed by atoms with E-state index in [0.29, 0.717) is 10.4 Å². The first-order valence-corrected chi connectivity index (χ1v) is 6.91. The van der Waals surface area contributed by atoms with Gasteiger partial charge in [0.2, 0.25) is 0 Å². The number of rotatable bonds is 4. The van der Waals surface area contributed by atoms with Gasteiger partial charge in [-0.25, -0.2) is 4.98 Å². The summed E-state index contributed by atoms with van der Waals surface area (Å²) in [5.41, 5.74) is 6.37. The molecule has 0 fully saturated rings. The van der Waals surface area contributed by atoms with Gasteiger partial charge in [0, 0.05) is 13.1 Å². The summed E-state index contributed by atoms with van der Waals surface area (Å²) >= 11 is 1.11. The summed E-state index contributed by atoms with van der Waals surface area (Å²) in [5.74, 6) is -0.450. The standard InChI is InChI=1S/C13H12F3N3OS.ClH/c14-13(15,16)9-3-1-2-8(6-9)11-10(19-7-21-11)12(20)18-5-4-17;/h1-3,6-7H,4-5,17H2,(H,18,20);1H. The van der Waals surface area contributed by atoms with Crippen molar-refractivity contribution >= 4 is 29.7 Å². The molecule has 0 unspecified atom stereocenters. The Bertz CT molecular complexity index is 645. The Balaban J connectivity index is 0.00000242. The van der Waals surface area contributed by atoms with Crippen molar-refractivity contribution < 1.29 is 18.0 Å². The first kappa shape index (κ1) is 18.4. The van der Waals surface area contributed by atoms with Crippen molar-refractivity contribution in [2.24, 2.45) is 5.73 Å². The number of carbonyl (C=O) groups excluding carboxylic acids is 1. The molecule has 120 valence electrons. The van der Waals surface area contributed by atoms with Gasteiger partial charge in [0.25, 0.3) is 5.91 Å². The highest BCUT2D eigenvalue weighted by atomic mass is 35.5. The van der Waals surface area contributed by atoms with Crippen molar-refractivity contribution in [3.8, 4) is 10.4 Å². The van der Waals surface area contributed by atoms with Gasteiger partial charge >= 0.3 is 6.18 Å². The van der Waals surface area contributed by atoms with Crippen LogP contribution in [0.4, 0.5) is 13.2 Å². The number of hydrogen-bond donors (Lipinski definition) is 2. The van der Waals surface area contributed by atoms with Crippen LogP contribution in [-0.4, -0.2) is 24.0 Å². The van der Waals surface area contributed by atoms with Crippen LogP contribution < -0.4 is 11.1 Å². The van der Waals surface area contributed by atoms with Crippen LogP contribution in [0, 0.1) is 0 Å². The zero-order valence-electron chi connectivity index (χ0n) is 11.2. The van der Waals surface area contributed by atoms with E-state index in [1.165, 1.54) is 17.6 Å². The number of amides is 1. The highest BCUT2D eigenvalue weighted by Crippen LogP contribution is 2.34. The summed E-state index contributed by atoms with van der Waals surface area (Å²) in [6.07, 6.45) is -4.43. The summed E-state index contributed by atoms with van der Waals surface area (Å²) in [7, 11) is 0. The minimum absolute atomic E-state index is 0. The van der Waals surface area contributed by atoms with Crippen LogP contribution in [0.15, 0.2) is 29.8 Å². The fourth-order valence-electron chi connectivity index (χ4n) is 1.72. The molecule has 1 amide bonds. The smallest absolute Gasteiger partial charge is 0.349 e. The van der Waals surface area contributed by atoms with Gasteiger partial charge in [-0.2, -0.15) is 13.2 Å². The number of hydrogen-bond acceptors (Lipinski definition) is 4. The number of aromatic nitrogens is 1. The van der Waals surface area contributed by atoms with Crippen molar-refractivity contribution in [1.29, 1.82) is 0 Å². The number of thiazole rings is 1. The van der Waals surface area contributed by atoms with Crippen LogP contribution in [0.1, 0.15) is 16.1 Å². The predicted octanol–water partition coefficient (Wildman–Crippen LogP) is 2.94. The van der Waals surface area contributed by atoms with Crippen molar-refractivity contribution in [1.82, 2.24) is 10.3 Å². The second kappa shape index (κ2) is 7.57. The summed E-state index contributed by atoms with van der Waals surface area (Å²) in [6.45, 7) is 0.549. The number of halogens is 4. The molecule has 0 aliphatic rings. The van der Waals surface area contributed by atoms with E-state index < -0.39 is 17.6 Å². The minimum atomic E-state index is -4.43. The van der Waals surface area contributed by atoms with Crippen molar-refractivity contribution in [2.75, 3.05) is 13.1 Å². The van der Waals surface area contributed by atoms with Crippen LogP contribution in [0.2, 0.25) is 0 Å². The lowest BCUT2D eigenvalue weighted by atomic mass is 10.1. The zero-order chi connectivity index (χ0) is 15.5. The van der Waals surface area contributed by atoms with Crippen LogP contribution in [0.5, 0.6) is 0 Å². The van der Waals surface area contributed by atoms with Gasteiger partial charge in [-0.15, -0.1) is 23.7 Å². The molecular weight excluding hydrogens is 339 g/mol. The Morgan fingerprint density at radius 2 is 2.09 bits per heavy atom. The van der Waals surface area contributed by atoms with Crippen LogP contribution in [0.25, 0.3) is 10.4 Å². The lowest BCUT2D eigenvalue weighted by molar-refractivity contribution is -0.137. The van der Waals surface area contributed by atoms with Gasteiger partial charge in [-0.05, 0) is 17.7 Å². The lowest BCUT2D eigenvalue weighted by Gasteiger charge is -2.08. The second-order valence-corrected chi connectivity index (χ2v) is 5.01. The molecule has 0 radical (unpaired) electrons. The number of nitrogens with zero attached hydrogens (tertiary/aromatic N) is 1. The molecule has 3 N–H and O–H groups in total. The van der Waals surface area contributed by atoms with E-state index in [9.17, 15) is 18.0 Å². The molecule has 9 heteroatoms. The highest BCUT2D eigenvalue weighted by molar-refractivity contribution is 7.13. The summed E-state index contributed by atoms with van der Waals surface area (Å²) < 4.78 is 38.2. The van der Waals surface area contributed by atoms with Gasteiger partial charge in [-0.3, -0.25) is 4.79 Å². The van der Waals surface area contributed by atoms with Crippen molar-refractivity contribution in [3.05, 3.63) is 41.0 Å². The van der Waals surface area contributed by atoms with Gasteiger partial charge in [0.1, 0.15) is 5.69 Å². The molecule has 0 spiro atoms. The van der Waals surface area contributed by atoms with E-state index >= 15 is 0 Å². The van der Waals surface area contributed by atoms with Gasteiger partial charge < -0.3 is 11.1 Å². The molecule has 1 heterocycles. The Hall–Kier alpha value is -1.64. The van der Waals surface area contributed by atoms with Crippen molar-refractivity contribution in [2.45, 2.75) is 6.18 Å². The largest absolute Gasteiger partial charge is 0.416 e. The number of benzene rings is 1. The Labute approximate surface area is 135 Å². The third-order valence-corrected chi connectivity index (χ3v) is 3.54. The van der Waals surface area contributed by atoms with Gasteiger partial charge in [0.05, 0.1) is 16.0 Å². The van der Waals surface area contributed by atoms with Crippen LogP contribution in [0.3, 0.4) is 0 Å². The normalized spacial score (nSPS) is 10.9. The topological polar surface area (TPSA) is 68.0 Å². The van der Waals surface area contributed by atoms with E-state index in [4.69, 9.17) is 5.73 Å². The average Bonchev–Trinajstić information content (AvgIpc) is 2.93. The molecule has 0 saturated carbocycles. The molecule has 22 heavy (non-hydrogen) atoms. The average molecular weight is 352 g/mol. The molecular formula is C13H13ClF3N3OS. The molecule has 1 aromatic carbocycles. The zero-order valence-corrected chi connectivity index (χ0v) is 12.8. The monoisotopic (exact) mass is 351 g/mol. The molecule has 1 aromatic heterocycles. The Morgan fingerprint density at radius 3 is 2.73 bits per heavy atom. The molecule has 0 bridgehead atoms. The summed E-state index contributed by atoms with van der Waals surface area (Å²) in [6, 6.07) is 4.81. The third kappa shape index (κ3) is 4.19. The molecule has 2 rings (SSSR count). The fourth-order valence-corrected chi connectivity index (χ4v) is 2.50. The van der Waals surface area contributed by atoms with Crippen LogP contribution >= 0.6 is 23.7 Å². The lowest BCUT2D eigenvalue weighted by Crippen LogP contribution is -2.29.